The number of hydrogen-bond donors (Lipinski definition) is 1. The maximum atomic E-state index is 12.6. The zero-order valence-corrected chi connectivity index (χ0v) is 15.3. The van der Waals surface area contributed by atoms with E-state index in [-0.39, 0.29) is 0 Å². The summed E-state index contributed by atoms with van der Waals surface area (Å²) in [6.45, 7) is 0. The minimum atomic E-state index is -0.673. The van der Waals surface area contributed by atoms with E-state index in [1.807, 2.05) is 66.2 Å². The van der Waals surface area contributed by atoms with Crippen molar-refractivity contribution in [2.24, 2.45) is 7.05 Å². The molecule has 138 valence electrons. The Kier molecular flexibility index (Phi) is 4.64. The second-order valence-corrected chi connectivity index (χ2v) is 6.39. The fourth-order valence-electron chi connectivity index (χ4n) is 3.06. The van der Waals surface area contributed by atoms with Crippen LogP contribution in [0.5, 0.6) is 11.5 Å². The quantitative estimate of drug-likeness (QED) is 0.406. The van der Waals surface area contributed by atoms with E-state index in [1.54, 1.807) is 30.5 Å². The highest BCUT2D eigenvalue weighted by molar-refractivity contribution is 6.48. The summed E-state index contributed by atoms with van der Waals surface area (Å²) in [6, 6.07) is 23.8. The third kappa shape index (κ3) is 3.50. The Hall–Kier alpha value is -3.86. The number of para-hydroxylation sites is 2. The fraction of sp³-hybridized carbons (Fsp3) is 0.0435. The highest BCUT2D eigenvalue weighted by Gasteiger charge is 2.21. The van der Waals surface area contributed by atoms with Crippen molar-refractivity contribution in [2.75, 3.05) is 5.32 Å². The summed E-state index contributed by atoms with van der Waals surface area (Å²) in [4.78, 5) is 25.1. The Morgan fingerprint density at radius 2 is 1.46 bits per heavy atom. The molecule has 1 N–H and O–H groups in total. The molecular weight excluding hydrogens is 352 g/mol. The van der Waals surface area contributed by atoms with Gasteiger partial charge in [0.1, 0.15) is 11.5 Å². The highest BCUT2D eigenvalue weighted by Crippen LogP contribution is 2.24. The lowest BCUT2D eigenvalue weighted by Crippen LogP contribution is -2.22. The van der Waals surface area contributed by atoms with Gasteiger partial charge in [0.15, 0.2) is 0 Å². The Bertz CT molecular complexity index is 1150. The summed E-state index contributed by atoms with van der Waals surface area (Å²) < 4.78 is 7.56. The van der Waals surface area contributed by atoms with Gasteiger partial charge in [-0.1, -0.05) is 36.4 Å². The molecule has 0 saturated carbocycles. The van der Waals surface area contributed by atoms with E-state index in [9.17, 15) is 9.59 Å². The largest absolute Gasteiger partial charge is 0.457 e. The number of fused-ring (bicyclic) bond motifs is 1. The topological polar surface area (TPSA) is 60.3 Å². The van der Waals surface area contributed by atoms with Crippen molar-refractivity contribution in [3.05, 3.63) is 90.6 Å². The average molecular weight is 370 g/mol. The number of amides is 1. The molecule has 5 nitrogen and oxygen atoms in total. The van der Waals surface area contributed by atoms with Crippen molar-refractivity contribution in [3.63, 3.8) is 0 Å². The lowest BCUT2D eigenvalue weighted by Gasteiger charge is -2.07. The van der Waals surface area contributed by atoms with Crippen LogP contribution >= 0.6 is 0 Å². The van der Waals surface area contributed by atoms with E-state index in [2.05, 4.69) is 5.32 Å². The molecule has 0 saturated heterocycles. The van der Waals surface area contributed by atoms with Crippen LogP contribution in [0.2, 0.25) is 0 Å². The number of nitrogens with one attached hydrogen (secondary N) is 1. The smallest absolute Gasteiger partial charge is 0.296 e. The van der Waals surface area contributed by atoms with Crippen LogP contribution in [0.1, 0.15) is 10.4 Å². The number of carbonyl (C=O) groups is 2. The predicted molar refractivity (Wildman–Crippen MR) is 109 cm³/mol. The normalized spacial score (nSPS) is 10.6. The highest BCUT2D eigenvalue weighted by atomic mass is 16.5. The zero-order chi connectivity index (χ0) is 19.5. The van der Waals surface area contributed by atoms with Gasteiger partial charge in [0, 0.05) is 29.8 Å². The molecule has 0 fully saturated rings. The molecule has 0 aliphatic heterocycles. The first-order valence-corrected chi connectivity index (χ1v) is 8.84. The zero-order valence-electron chi connectivity index (χ0n) is 15.3. The van der Waals surface area contributed by atoms with Crippen LogP contribution in [0.4, 0.5) is 5.69 Å². The molecule has 0 radical (unpaired) electrons. The summed E-state index contributed by atoms with van der Waals surface area (Å²) in [6.07, 6.45) is 1.68. The van der Waals surface area contributed by atoms with Gasteiger partial charge in [-0.3, -0.25) is 9.59 Å². The Morgan fingerprint density at radius 1 is 0.821 bits per heavy atom. The van der Waals surface area contributed by atoms with Gasteiger partial charge in [0.05, 0.1) is 5.56 Å². The summed E-state index contributed by atoms with van der Waals surface area (Å²) in [5.41, 5.74) is 1.82. The molecule has 0 atom stereocenters. The van der Waals surface area contributed by atoms with Gasteiger partial charge in [0.25, 0.3) is 11.7 Å². The molecule has 1 heterocycles. The number of nitrogens with zero attached hydrogens (tertiary/aromatic N) is 1. The molecule has 0 unspecified atom stereocenters. The fourth-order valence-corrected chi connectivity index (χ4v) is 3.06. The van der Waals surface area contributed by atoms with Crippen molar-refractivity contribution < 1.29 is 14.3 Å². The van der Waals surface area contributed by atoms with Gasteiger partial charge >= 0.3 is 0 Å². The van der Waals surface area contributed by atoms with Crippen molar-refractivity contribution >= 4 is 28.3 Å². The second kappa shape index (κ2) is 7.40. The first-order valence-electron chi connectivity index (χ1n) is 8.84. The number of aromatic nitrogens is 1. The number of aryl methyl sites for hydroxylation is 1. The maximum absolute atomic E-state index is 12.6. The van der Waals surface area contributed by atoms with Crippen LogP contribution in [0, 0.1) is 0 Å². The van der Waals surface area contributed by atoms with Crippen molar-refractivity contribution in [2.45, 2.75) is 0 Å². The third-order valence-corrected chi connectivity index (χ3v) is 4.44. The Balaban J connectivity index is 1.48. The predicted octanol–water partition coefficient (Wildman–Crippen LogP) is 4.79. The van der Waals surface area contributed by atoms with E-state index in [1.165, 1.54) is 0 Å². The molecule has 4 aromatic rings. The van der Waals surface area contributed by atoms with E-state index in [0.717, 1.165) is 16.7 Å². The van der Waals surface area contributed by atoms with Gasteiger partial charge in [-0.15, -0.1) is 0 Å². The van der Waals surface area contributed by atoms with E-state index in [4.69, 9.17) is 4.74 Å². The summed E-state index contributed by atoms with van der Waals surface area (Å²) >= 11 is 0. The lowest BCUT2D eigenvalue weighted by molar-refractivity contribution is -0.112. The number of ether oxygens (including phenoxy) is 1. The first-order chi connectivity index (χ1) is 13.6. The maximum Gasteiger partial charge on any atom is 0.296 e. The molecule has 0 bridgehead atoms. The number of rotatable bonds is 5. The number of ketones is 1. The first kappa shape index (κ1) is 17.5. The van der Waals surface area contributed by atoms with Gasteiger partial charge in [-0.05, 0) is 42.5 Å². The second-order valence-electron chi connectivity index (χ2n) is 6.39. The minimum absolute atomic E-state index is 0.389. The molecule has 1 amide bonds. The monoisotopic (exact) mass is 370 g/mol. The SMILES string of the molecule is Cn1cc(C(=O)C(=O)Nc2ccc(Oc3ccccc3)cc2)c2ccccc21. The standard InChI is InChI=1S/C23H18N2O3/c1-25-15-20(19-9-5-6-10-21(19)25)22(26)23(27)24-16-11-13-18(14-12-16)28-17-7-3-2-4-8-17/h2-15H,1H3,(H,24,27). The van der Waals surface area contributed by atoms with Gasteiger partial charge in [-0.25, -0.2) is 0 Å². The minimum Gasteiger partial charge on any atom is -0.457 e. The molecule has 3 aromatic carbocycles. The van der Waals surface area contributed by atoms with Crippen LogP contribution in [0.15, 0.2) is 85.1 Å². The van der Waals surface area contributed by atoms with Gasteiger partial charge < -0.3 is 14.6 Å². The summed E-state index contributed by atoms with van der Waals surface area (Å²) in [7, 11) is 1.85. The lowest BCUT2D eigenvalue weighted by atomic mass is 10.1. The molecule has 28 heavy (non-hydrogen) atoms. The number of anilines is 1. The van der Waals surface area contributed by atoms with Crippen LogP contribution in [0.25, 0.3) is 10.9 Å². The summed E-state index contributed by atoms with van der Waals surface area (Å²) in [5.74, 6) is 0.129. The van der Waals surface area contributed by atoms with E-state index < -0.39 is 11.7 Å². The van der Waals surface area contributed by atoms with Gasteiger partial charge in [0.2, 0.25) is 0 Å². The van der Waals surface area contributed by atoms with Crippen LogP contribution in [0.3, 0.4) is 0 Å². The molecular formula is C23H18N2O3. The van der Waals surface area contributed by atoms with Crippen LogP contribution in [-0.4, -0.2) is 16.3 Å². The molecule has 5 heteroatoms. The molecule has 0 spiro atoms. The molecule has 4 rings (SSSR count). The number of carbonyl (C=O) groups excluding carboxylic acids is 2. The Labute approximate surface area is 162 Å². The van der Waals surface area contributed by atoms with Gasteiger partial charge in [-0.2, -0.15) is 0 Å². The van der Waals surface area contributed by atoms with E-state index >= 15 is 0 Å². The number of hydrogen-bond acceptors (Lipinski definition) is 3. The van der Waals surface area contributed by atoms with E-state index in [0.29, 0.717) is 17.0 Å². The van der Waals surface area contributed by atoms with Crippen molar-refractivity contribution in [1.82, 2.24) is 4.57 Å². The van der Waals surface area contributed by atoms with Crippen LogP contribution in [-0.2, 0) is 11.8 Å². The molecule has 0 aliphatic carbocycles. The van der Waals surface area contributed by atoms with Crippen molar-refractivity contribution in [1.29, 1.82) is 0 Å². The number of benzene rings is 3. The summed E-state index contributed by atoms with van der Waals surface area (Å²) in [5, 5.41) is 3.41. The molecule has 0 aliphatic rings. The third-order valence-electron chi connectivity index (χ3n) is 4.44. The average Bonchev–Trinajstić information content (AvgIpc) is 3.06. The Morgan fingerprint density at radius 3 is 2.21 bits per heavy atom. The molecule has 1 aromatic heterocycles. The van der Waals surface area contributed by atoms with Crippen molar-refractivity contribution in [3.8, 4) is 11.5 Å². The van der Waals surface area contributed by atoms with Crippen LogP contribution < -0.4 is 10.1 Å². The number of Topliss-reactive ketones (excluding diaryl/α,β-unsaturated/α-hetero) is 1.